The zero-order chi connectivity index (χ0) is 24.6. The summed E-state index contributed by atoms with van der Waals surface area (Å²) in [4.78, 5) is 55.6. The number of rotatable bonds is 7. The minimum absolute atomic E-state index is 0.0122. The van der Waals surface area contributed by atoms with Gasteiger partial charge in [0.15, 0.2) is 11.6 Å². The van der Waals surface area contributed by atoms with Crippen molar-refractivity contribution in [1.82, 2.24) is 14.1 Å². The monoisotopic (exact) mass is 463 g/mol. The molecule has 0 radical (unpaired) electrons. The van der Waals surface area contributed by atoms with Gasteiger partial charge in [0.25, 0.3) is 5.56 Å². The van der Waals surface area contributed by atoms with Gasteiger partial charge in [0.2, 0.25) is 0 Å². The van der Waals surface area contributed by atoms with E-state index in [9.17, 15) is 19.2 Å². The van der Waals surface area contributed by atoms with Crippen molar-refractivity contribution in [2.45, 2.75) is 65.5 Å². The third-order valence-electron chi connectivity index (χ3n) is 5.78. The van der Waals surface area contributed by atoms with E-state index >= 15 is 0 Å². The van der Waals surface area contributed by atoms with Crippen LogP contribution in [0.5, 0.6) is 0 Å². The van der Waals surface area contributed by atoms with Crippen LogP contribution in [0.1, 0.15) is 79.7 Å². The van der Waals surface area contributed by atoms with Gasteiger partial charge < -0.3 is 9.30 Å². The summed E-state index contributed by atoms with van der Waals surface area (Å²) in [5, 5.41) is 0.679. The SMILES string of the molecule is CCC(=O)c1cc(C(=O)CC2CC2)cn(Cc2cn(C(=O)OC(C)(C)C)c3ncccc23)c1=O. The summed E-state index contributed by atoms with van der Waals surface area (Å²) in [6.07, 6.45) is 6.76. The van der Waals surface area contributed by atoms with Crippen molar-refractivity contribution in [1.29, 1.82) is 0 Å². The van der Waals surface area contributed by atoms with Gasteiger partial charge in [-0.15, -0.1) is 0 Å². The third kappa shape index (κ3) is 5.00. The van der Waals surface area contributed by atoms with Gasteiger partial charge in [0.05, 0.1) is 12.1 Å². The summed E-state index contributed by atoms with van der Waals surface area (Å²) in [5.74, 6) is 0.00741. The van der Waals surface area contributed by atoms with Gasteiger partial charge in [-0.1, -0.05) is 6.92 Å². The molecule has 3 aromatic rings. The summed E-state index contributed by atoms with van der Waals surface area (Å²) < 4.78 is 8.20. The molecule has 1 aliphatic rings. The molecule has 3 aromatic heterocycles. The zero-order valence-corrected chi connectivity index (χ0v) is 20.0. The van der Waals surface area contributed by atoms with Gasteiger partial charge in [0.1, 0.15) is 11.2 Å². The predicted octanol–water partition coefficient (Wildman–Crippen LogP) is 4.61. The molecule has 0 aromatic carbocycles. The van der Waals surface area contributed by atoms with Crippen LogP contribution in [0.2, 0.25) is 0 Å². The highest BCUT2D eigenvalue weighted by atomic mass is 16.6. The molecule has 8 heteroatoms. The van der Waals surface area contributed by atoms with Crippen LogP contribution in [0.3, 0.4) is 0 Å². The first kappa shape index (κ1) is 23.6. The highest BCUT2D eigenvalue weighted by molar-refractivity contribution is 6.01. The van der Waals surface area contributed by atoms with Gasteiger partial charge in [-0.3, -0.25) is 14.4 Å². The van der Waals surface area contributed by atoms with E-state index in [1.807, 2.05) is 6.07 Å². The van der Waals surface area contributed by atoms with Crippen LogP contribution in [0.25, 0.3) is 11.0 Å². The van der Waals surface area contributed by atoms with E-state index in [4.69, 9.17) is 4.74 Å². The van der Waals surface area contributed by atoms with Crippen molar-refractivity contribution in [3.63, 3.8) is 0 Å². The lowest BCUT2D eigenvalue weighted by Gasteiger charge is -2.19. The van der Waals surface area contributed by atoms with E-state index in [2.05, 4.69) is 4.98 Å². The largest absolute Gasteiger partial charge is 0.443 e. The summed E-state index contributed by atoms with van der Waals surface area (Å²) in [5.41, 5.74) is 0.279. The number of nitrogens with zero attached hydrogens (tertiary/aromatic N) is 3. The predicted molar refractivity (Wildman–Crippen MR) is 127 cm³/mol. The number of ketones is 2. The van der Waals surface area contributed by atoms with Crippen LogP contribution in [-0.4, -0.2) is 37.4 Å². The molecule has 0 saturated heterocycles. The Kier molecular flexibility index (Phi) is 6.25. The normalized spacial score (nSPS) is 13.8. The molecule has 0 atom stereocenters. The molecule has 0 amide bonds. The van der Waals surface area contributed by atoms with E-state index in [1.54, 1.807) is 46.2 Å². The second kappa shape index (κ2) is 9.00. The fourth-order valence-corrected chi connectivity index (χ4v) is 3.88. The zero-order valence-electron chi connectivity index (χ0n) is 20.0. The lowest BCUT2D eigenvalue weighted by Crippen LogP contribution is -2.28. The molecular weight excluding hydrogens is 434 g/mol. The van der Waals surface area contributed by atoms with Gasteiger partial charge in [-0.25, -0.2) is 14.3 Å². The first-order valence-electron chi connectivity index (χ1n) is 11.6. The Balaban J connectivity index is 1.78. The third-order valence-corrected chi connectivity index (χ3v) is 5.78. The quantitative estimate of drug-likeness (QED) is 0.475. The highest BCUT2D eigenvalue weighted by Gasteiger charge is 2.27. The van der Waals surface area contributed by atoms with E-state index in [0.29, 0.717) is 34.5 Å². The molecule has 0 unspecified atom stereocenters. The van der Waals surface area contributed by atoms with E-state index in [0.717, 1.165) is 12.8 Å². The maximum atomic E-state index is 13.2. The molecule has 0 N–H and O–H groups in total. The molecule has 1 saturated carbocycles. The molecule has 0 spiro atoms. The number of carbonyl (C=O) groups excluding carboxylic acids is 3. The highest BCUT2D eigenvalue weighted by Crippen LogP contribution is 2.33. The molecule has 3 heterocycles. The molecular formula is C26H29N3O5. The van der Waals surface area contributed by atoms with Gasteiger partial charge in [-0.2, -0.15) is 0 Å². The van der Waals surface area contributed by atoms with Gasteiger partial charge in [-0.05, 0) is 63.3 Å². The Bertz CT molecular complexity index is 1340. The number of hydrogen-bond acceptors (Lipinski definition) is 6. The topological polar surface area (TPSA) is 100 Å². The Labute approximate surface area is 197 Å². The van der Waals surface area contributed by atoms with Crippen LogP contribution in [0.15, 0.2) is 41.6 Å². The molecule has 0 aliphatic heterocycles. The van der Waals surface area contributed by atoms with Crippen molar-refractivity contribution in [2.24, 2.45) is 5.92 Å². The molecule has 1 fully saturated rings. The smallest absolute Gasteiger partial charge is 0.420 e. The average Bonchev–Trinajstić information content (AvgIpc) is 3.52. The van der Waals surface area contributed by atoms with Crippen LogP contribution in [-0.2, 0) is 11.3 Å². The summed E-state index contributed by atoms with van der Waals surface area (Å²) in [6, 6.07) is 4.99. The molecule has 0 bridgehead atoms. The average molecular weight is 464 g/mol. The number of carbonyl (C=O) groups is 3. The van der Waals surface area contributed by atoms with E-state index < -0.39 is 17.3 Å². The Morgan fingerprint density at radius 2 is 1.88 bits per heavy atom. The molecule has 4 rings (SSSR count). The number of fused-ring (bicyclic) bond motifs is 1. The minimum atomic E-state index is -0.689. The Morgan fingerprint density at radius 1 is 1.15 bits per heavy atom. The number of pyridine rings is 2. The van der Waals surface area contributed by atoms with Crippen molar-refractivity contribution in [2.75, 3.05) is 0 Å². The lowest BCUT2D eigenvalue weighted by atomic mass is 10.0. The van der Waals surface area contributed by atoms with Crippen molar-refractivity contribution < 1.29 is 19.1 Å². The fourth-order valence-electron chi connectivity index (χ4n) is 3.88. The second-order valence-corrected chi connectivity index (χ2v) is 9.80. The summed E-state index contributed by atoms with van der Waals surface area (Å²) in [7, 11) is 0. The summed E-state index contributed by atoms with van der Waals surface area (Å²) in [6.45, 7) is 7.10. The molecule has 178 valence electrons. The minimum Gasteiger partial charge on any atom is -0.443 e. The maximum absolute atomic E-state index is 13.2. The standard InChI is InChI=1S/C26H29N3O5/c1-5-21(30)20-12-17(22(31)11-16-8-9-16)13-28(24(20)32)14-18-15-29(25(33)34-26(2,3)4)23-19(18)7-6-10-27-23/h6-7,10,12-13,15-16H,5,8-9,11,14H2,1-4H3. The van der Waals surface area contributed by atoms with Gasteiger partial charge in [0, 0.05) is 42.4 Å². The maximum Gasteiger partial charge on any atom is 0.420 e. The first-order chi connectivity index (χ1) is 16.1. The van der Waals surface area contributed by atoms with E-state index in [-0.39, 0.29) is 30.1 Å². The Morgan fingerprint density at radius 3 is 2.53 bits per heavy atom. The second-order valence-electron chi connectivity index (χ2n) is 9.80. The van der Waals surface area contributed by atoms with Crippen LogP contribution in [0.4, 0.5) is 4.79 Å². The number of ether oxygens (including phenoxy) is 1. The fraction of sp³-hybridized carbons (Fsp3) is 0.423. The van der Waals surface area contributed by atoms with Crippen LogP contribution in [0, 0.1) is 5.92 Å². The Hall–Kier alpha value is -3.55. The van der Waals surface area contributed by atoms with Crippen LogP contribution >= 0.6 is 0 Å². The van der Waals surface area contributed by atoms with E-state index in [1.165, 1.54) is 21.4 Å². The summed E-state index contributed by atoms with van der Waals surface area (Å²) >= 11 is 0. The number of aromatic nitrogens is 3. The van der Waals surface area contributed by atoms with Gasteiger partial charge >= 0.3 is 6.09 Å². The number of hydrogen-bond donors (Lipinski definition) is 0. The van der Waals surface area contributed by atoms with Crippen molar-refractivity contribution >= 4 is 28.7 Å². The van der Waals surface area contributed by atoms with Crippen LogP contribution < -0.4 is 5.56 Å². The van der Waals surface area contributed by atoms with Crippen molar-refractivity contribution in [3.8, 4) is 0 Å². The first-order valence-corrected chi connectivity index (χ1v) is 11.6. The molecule has 8 nitrogen and oxygen atoms in total. The number of Topliss-reactive ketones (excluding diaryl/α,β-unsaturated/α-hetero) is 2. The molecule has 34 heavy (non-hydrogen) atoms. The van der Waals surface area contributed by atoms with Crippen molar-refractivity contribution in [3.05, 3.63) is 63.8 Å². The lowest BCUT2D eigenvalue weighted by molar-refractivity contribution is 0.0543. The molecule has 1 aliphatic carbocycles.